The number of hydrogen-bond acceptors (Lipinski definition) is 6. The molecule has 0 saturated carbocycles. The molecule has 4 rings (SSSR count). The summed E-state index contributed by atoms with van der Waals surface area (Å²) in [5.74, 6) is 1.85. The lowest BCUT2D eigenvalue weighted by Gasteiger charge is -2.06. The predicted molar refractivity (Wildman–Crippen MR) is 109 cm³/mol. The van der Waals surface area contributed by atoms with Crippen LogP contribution in [-0.2, 0) is 0 Å². The van der Waals surface area contributed by atoms with E-state index in [0.717, 1.165) is 15.6 Å². The van der Waals surface area contributed by atoms with E-state index in [1.54, 1.807) is 32.4 Å². The Morgan fingerprint density at radius 2 is 1.96 bits per heavy atom. The minimum Gasteiger partial charge on any atom is -0.497 e. The highest BCUT2D eigenvalue weighted by Crippen LogP contribution is 2.26. The van der Waals surface area contributed by atoms with Gasteiger partial charge in [0.25, 0.3) is 5.56 Å². The fourth-order valence-electron chi connectivity index (χ4n) is 2.68. The topological polar surface area (TPSA) is 65.7 Å². The first-order valence-corrected chi connectivity index (χ1v) is 9.60. The van der Waals surface area contributed by atoms with Crippen molar-refractivity contribution < 1.29 is 9.47 Å². The molecule has 0 saturated heterocycles. The summed E-state index contributed by atoms with van der Waals surface area (Å²) in [6.07, 6.45) is 1.77. The van der Waals surface area contributed by atoms with Gasteiger partial charge in [-0.1, -0.05) is 39.4 Å². The van der Waals surface area contributed by atoms with Crippen LogP contribution in [0.2, 0.25) is 0 Å². The van der Waals surface area contributed by atoms with Crippen LogP contribution in [0.15, 0.2) is 51.7 Å². The zero-order valence-corrected chi connectivity index (χ0v) is 16.9. The minimum absolute atomic E-state index is 0.217. The number of ether oxygens (including phenoxy) is 2. The highest BCUT2D eigenvalue weighted by Gasteiger charge is 2.14. The molecular weight excluding hydrogens is 430 g/mol. The van der Waals surface area contributed by atoms with Gasteiger partial charge in [-0.25, -0.2) is 0 Å². The van der Waals surface area contributed by atoms with Crippen LogP contribution < -0.4 is 19.6 Å². The quantitative estimate of drug-likeness (QED) is 0.484. The van der Waals surface area contributed by atoms with Crippen LogP contribution in [0.3, 0.4) is 0 Å². The van der Waals surface area contributed by atoms with Gasteiger partial charge in [0.1, 0.15) is 11.5 Å². The number of benzene rings is 2. The number of aromatic nitrogens is 3. The van der Waals surface area contributed by atoms with E-state index >= 15 is 0 Å². The third kappa shape index (κ3) is 3.22. The Morgan fingerprint density at radius 1 is 1.15 bits per heavy atom. The van der Waals surface area contributed by atoms with Crippen LogP contribution in [0.4, 0.5) is 0 Å². The molecule has 8 heteroatoms. The molecule has 2 aromatic heterocycles. The molecule has 0 N–H and O–H groups in total. The maximum absolute atomic E-state index is 12.8. The Labute approximate surface area is 166 Å². The molecule has 0 amide bonds. The number of rotatable bonds is 4. The fraction of sp³-hybridized carbons (Fsp3) is 0.105. The lowest BCUT2D eigenvalue weighted by atomic mass is 10.2. The lowest BCUT2D eigenvalue weighted by Crippen LogP contribution is -2.23. The fourth-order valence-corrected chi connectivity index (χ4v) is 4.04. The van der Waals surface area contributed by atoms with Crippen LogP contribution in [-0.4, -0.2) is 28.8 Å². The monoisotopic (exact) mass is 443 g/mol. The van der Waals surface area contributed by atoms with Gasteiger partial charge in [0, 0.05) is 15.6 Å². The molecule has 0 atom stereocenters. The number of hydrogen-bond donors (Lipinski definition) is 0. The molecule has 0 spiro atoms. The first-order valence-electron chi connectivity index (χ1n) is 7.99. The van der Waals surface area contributed by atoms with Gasteiger partial charge in [0.2, 0.25) is 4.96 Å². The molecule has 0 unspecified atom stereocenters. The second kappa shape index (κ2) is 7.13. The Morgan fingerprint density at radius 3 is 2.67 bits per heavy atom. The van der Waals surface area contributed by atoms with Gasteiger partial charge >= 0.3 is 0 Å². The average Bonchev–Trinajstić information content (AvgIpc) is 3.22. The molecule has 0 aliphatic heterocycles. The first-order chi connectivity index (χ1) is 13.1. The minimum atomic E-state index is -0.217. The van der Waals surface area contributed by atoms with Crippen molar-refractivity contribution >= 4 is 38.3 Å². The van der Waals surface area contributed by atoms with E-state index in [1.165, 1.54) is 15.9 Å². The number of thiazole rings is 1. The van der Waals surface area contributed by atoms with E-state index in [4.69, 9.17) is 9.47 Å². The van der Waals surface area contributed by atoms with E-state index in [9.17, 15) is 4.79 Å². The Hall–Kier alpha value is -2.71. The van der Waals surface area contributed by atoms with Gasteiger partial charge in [-0.05, 0) is 36.4 Å². The summed E-state index contributed by atoms with van der Waals surface area (Å²) in [6.45, 7) is 0. The molecular formula is C19H14BrN3O3S. The third-order valence-electron chi connectivity index (χ3n) is 4.02. The summed E-state index contributed by atoms with van der Waals surface area (Å²) in [5.41, 5.74) is 1.38. The summed E-state index contributed by atoms with van der Waals surface area (Å²) >= 11 is 4.77. The van der Waals surface area contributed by atoms with Gasteiger partial charge in [0.05, 0.1) is 18.8 Å². The van der Waals surface area contributed by atoms with Crippen molar-refractivity contribution in [3.63, 3.8) is 0 Å². The van der Waals surface area contributed by atoms with Crippen molar-refractivity contribution in [2.45, 2.75) is 0 Å². The molecule has 6 nitrogen and oxygen atoms in total. The average molecular weight is 444 g/mol. The van der Waals surface area contributed by atoms with E-state index in [2.05, 4.69) is 26.0 Å². The maximum atomic E-state index is 12.8. The van der Waals surface area contributed by atoms with Crippen LogP contribution in [0.1, 0.15) is 5.56 Å². The van der Waals surface area contributed by atoms with Crippen molar-refractivity contribution in [1.82, 2.24) is 14.6 Å². The zero-order chi connectivity index (χ0) is 19.0. The number of methoxy groups -OCH3 is 2. The largest absolute Gasteiger partial charge is 0.497 e. The third-order valence-corrected chi connectivity index (χ3v) is 5.67. The van der Waals surface area contributed by atoms with Crippen molar-refractivity contribution in [3.8, 4) is 22.9 Å². The van der Waals surface area contributed by atoms with Gasteiger partial charge in [-0.3, -0.25) is 4.79 Å². The van der Waals surface area contributed by atoms with Crippen LogP contribution in [0.25, 0.3) is 22.4 Å². The SMILES string of the molecule is COc1ccc(OC)c(C=c2sc3nc(-c4ccccc4Br)nn3c2=O)c1. The first kappa shape index (κ1) is 17.7. The normalized spacial score (nSPS) is 11.9. The summed E-state index contributed by atoms with van der Waals surface area (Å²) in [5, 5.41) is 4.38. The van der Waals surface area contributed by atoms with Crippen molar-refractivity contribution in [3.05, 3.63) is 67.4 Å². The molecule has 0 aliphatic carbocycles. The maximum Gasteiger partial charge on any atom is 0.291 e. The summed E-state index contributed by atoms with van der Waals surface area (Å²) in [6, 6.07) is 13.1. The number of fused-ring (bicyclic) bond motifs is 1. The zero-order valence-electron chi connectivity index (χ0n) is 14.5. The van der Waals surface area contributed by atoms with E-state index in [1.807, 2.05) is 30.3 Å². The highest BCUT2D eigenvalue weighted by atomic mass is 79.9. The molecule has 0 aliphatic rings. The molecule has 0 bridgehead atoms. The van der Waals surface area contributed by atoms with Gasteiger partial charge in [-0.2, -0.15) is 9.50 Å². The van der Waals surface area contributed by atoms with Gasteiger partial charge in [0.15, 0.2) is 5.82 Å². The lowest BCUT2D eigenvalue weighted by molar-refractivity contribution is 0.402. The van der Waals surface area contributed by atoms with Gasteiger partial charge < -0.3 is 9.47 Å². The Bertz CT molecular complexity index is 1250. The summed E-state index contributed by atoms with van der Waals surface area (Å²) in [7, 11) is 3.18. The Kier molecular flexibility index (Phi) is 4.67. The summed E-state index contributed by atoms with van der Waals surface area (Å²) < 4.78 is 13.4. The molecule has 2 aromatic carbocycles. The molecule has 0 radical (unpaired) electrons. The second-order valence-corrected chi connectivity index (χ2v) is 7.50. The molecule has 27 heavy (non-hydrogen) atoms. The van der Waals surface area contributed by atoms with Gasteiger partial charge in [-0.15, -0.1) is 5.10 Å². The number of halogens is 1. The molecule has 2 heterocycles. The van der Waals surface area contributed by atoms with Crippen LogP contribution >= 0.6 is 27.3 Å². The Balaban J connectivity index is 1.85. The van der Waals surface area contributed by atoms with Crippen molar-refractivity contribution in [2.24, 2.45) is 0 Å². The molecule has 4 aromatic rings. The predicted octanol–water partition coefficient (Wildman–Crippen LogP) is 3.15. The van der Waals surface area contributed by atoms with E-state index in [-0.39, 0.29) is 5.56 Å². The van der Waals surface area contributed by atoms with Crippen LogP contribution in [0.5, 0.6) is 11.5 Å². The number of nitrogens with zero attached hydrogens (tertiary/aromatic N) is 3. The smallest absolute Gasteiger partial charge is 0.291 e. The van der Waals surface area contributed by atoms with E-state index < -0.39 is 0 Å². The van der Waals surface area contributed by atoms with Crippen molar-refractivity contribution in [2.75, 3.05) is 14.2 Å². The van der Waals surface area contributed by atoms with Crippen molar-refractivity contribution in [1.29, 1.82) is 0 Å². The standard InChI is InChI=1S/C19H14BrN3O3S/c1-25-12-7-8-15(26-2)11(9-12)10-16-18(24)23-19(27-16)21-17(22-23)13-5-3-4-6-14(13)20/h3-10H,1-2H3. The van der Waals surface area contributed by atoms with Crippen LogP contribution in [0, 0.1) is 0 Å². The van der Waals surface area contributed by atoms with E-state index in [0.29, 0.717) is 26.8 Å². The molecule has 136 valence electrons. The highest BCUT2D eigenvalue weighted by molar-refractivity contribution is 9.10. The molecule has 0 fully saturated rings. The second-order valence-electron chi connectivity index (χ2n) is 5.63. The summed E-state index contributed by atoms with van der Waals surface area (Å²) in [4.78, 5) is 17.8.